The molecular formula is C27H36F2N8O3. The minimum atomic E-state index is -2.82. The molecule has 0 aliphatic carbocycles. The summed E-state index contributed by atoms with van der Waals surface area (Å²) in [6, 6.07) is 6.94. The van der Waals surface area contributed by atoms with Crippen LogP contribution >= 0.6 is 0 Å². The number of hydrogen-bond acceptors (Lipinski definition) is 9. The predicted molar refractivity (Wildman–Crippen MR) is 146 cm³/mol. The van der Waals surface area contributed by atoms with E-state index in [2.05, 4.69) is 15.0 Å². The first-order valence-corrected chi connectivity index (χ1v) is 13.8. The van der Waals surface area contributed by atoms with E-state index in [4.69, 9.17) is 14.5 Å². The maximum absolute atomic E-state index is 14.1. The molecule has 4 heterocycles. The Morgan fingerprint density at radius 3 is 2.23 bits per heavy atom. The minimum absolute atomic E-state index is 0.0394. The third-order valence-electron chi connectivity index (χ3n) is 7.06. The number of alkyl halides is 2. The molecule has 2 aliphatic rings. The van der Waals surface area contributed by atoms with Crippen molar-refractivity contribution in [3.8, 4) is 5.95 Å². The molecule has 1 aromatic carbocycles. The second kappa shape index (κ2) is 12.0. The third-order valence-corrected chi connectivity index (χ3v) is 7.06. The van der Waals surface area contributed by atoms with Crippen LogP contribution in [0.2, 0.25) is 0 Å². The van der Waals surface area contributed by atoms with Crippen LogP contribution in [0.5, 0.6) is 0 Å². The topological polar surface area (TPSA) is 102 Å². The number of nitrogens with zero attached hydrogens (tertiary/aromatic N) is 8. The summed E-state index contributed by atoms with van der Waals surface area (Å²) < 4.78 is 40.9. The normalized spacial score (nSPS) is 16.8. The van der Waals surface area contributed by atoms with Crippen LogP contribution < -0.4 is 9.80 Å². The Morgan fingerprint density at radius 1 is 0.950 bits per heavy atom. The lowest BCUT2D eigenvalue weighted by atomic mass is 10.0. The molecule has 0 unspecified atom stereocenters. The first kappa shape index (κ1) is 28.1. The van der Waals surface area contributed by atoms with Crippen LogP contribution in [0.3, 0.4) is 0 Å². The molecule has 0 N–H and O–H groups in total. The molecule has 2 aromatic heterocycles. The molecule has 2 aliphatic heterocycles. The summed E-state index contributed by atoms with van der Waals surface area (Å²) in [5.41, 5.74) is 0.396. The highest BCUT2D eigenvalue weighted by Crippen LogP contribution is 2.28. The maximum Gasteiger partial charge on any atom is 0.296 e. The number of carbonyl (C=O) groups is 1. The molecule has 11 nitrogen and oxygen atoms in total. The Morgan fingerprint density at radius 2 is 1.57 bits per heavy atom. The van der Waals surface area contributed by atoms with Crippen molar-refractivity contribution in [1.29, 1.82) is 0 Å². The molecule has 13 heteroatoms. The van der Waals surface area contributed by atoms with Gasteiger partial charge in [-0.1, -0.05) is 19.1 Å². The Labute approximate surface area is 232 Å². The smallest absolute Gasteiger partial charge is 0.296 e. The Bertz CT molecular complexity index is 1320. The number of piperazine rings is 1. The van der Waals surface area contributed by atoms with Crippen LogP contribution in [0.1, 0.15) is 45.9 Å². The zero-order valence-electron chi connectivity index (χ0n) is 23.2. The molecule has 1 amide bonds. The van der Waals surface area contributed by atoms with E-state index in [1.54, 1.807) is 24.3 Å². The Hall–Kier alpha value is -3.45. The molecule has 216 valence electrons. The number of fused-ring (bicyclic) bond motifs is 1. The van der Waals surface area contributed by atoms with Gasteiger partial charge in [0.25, 0.3) is 6.43 Å². The number of morpholine rings is 1. The van der Waals surface area contributed by atoms with Crippen LogP contribution in [-0.4, -0.2) is 100 Å². The average Bonchev–Trinajstić information content (AvgIpc) is 3.36. The van der Waals surface area contributed by atoms with Crippen LogP contribution in [0.15, 0.2) is 24.3 Å². The van der Waals surface area contributed by atoms with Gasteiger partial charge in [-0.05, 0) is 32.4 Å². The molecule has 2 fully saturated rings. The zero-order valence-corrected chi connectivity index (χ0v) is 23.2. The summed E-state index contributed by atoms with van der Waals surface area (Å²) >= 11 is 0. The second-order valence-electron chi connectivity index (χ2n) is 10.6. The largest absolute Gasteiger partial charge is 0.378 e. The molecule has 0 radical (unpaired) electrons. The van der Waals surface area contributed by atoms with Crippen molar-refractivity contribution in [1.82, 2.24) is 29.4 Å². The van der Waals surface area contributed by atoms with E-state index in [0.29, 0.717) is 88.4 Å². The minimum Gasteiger partial charge on any atom is -0.378 e. The number of amides is 1. The number of carbonyl (C=O) groups excluding carboxylic acids is 1. The fraction of sp³-hybridized carbons (Fsp3) is 0.593. The molecule has 0 spiro atoms. The van der Waals surface area contributed by atoms with Crippen LogP contribution in [0.4, 0.5) is 20.7 Å². The lowest BCUT2D eigenvalue weighted by Crippen LogP contribution is -2.50. The van der Waals surface area contributed by atoms with Crippen LogP contribution in [0, 0.1) is 0 Å². The van der Waals surface area contributed by atoms with Gasteiger partial charge in [0.1, 0.15) is 0 Å². The average molecular weight is 559 g/mol. The second-order valence-corrected chi connectivity index (χ2v) is 10.6. The first-order chi connectivity index (χ1) is 19.3. The molecule has 0 bridgehead atoms. The van der Waals surface area contributed by atoms with Crippen molar-refractivity contribution in [2.75, 3.05) is 68.9 Å². The molecule has 5 rings (SSSR count). The monoisotopic (exact) mass is 558 g/mol. The number of halogens is 2. The number of aromatic nitrogens is 5. The first-order valence-electron chi connectivity index (χ1n) is 13.8. The molecule has 0 atom stereocenters. The third kappa shape index (κ3) is 6.15. The lowest BCUT2D eigenvalue weighted by Gasteiger charge is -2.37. The SMILES string of the molecule is CCCOC(C)(C)CC(=O)N1CCN(c2nc(N3CCOCC3)nc(-n3c(C(F)F)nc4ccccc43)n2)CC1. The number of hydrogen-bond donors (Lipinski definition) is 0. The van der Waals surface area contributed by atoms with Crippen LogP contribution in [0.25, 0.3) is 17.0 Å². The number of anilines is 2. The summed E-state index contributed by atoms with van der Waals surface area (Å²) in [7, 11) is 0. The summed E-state index contributed by atoms with van der Waals surface area (Å²) in [5.74, 6) is 0.480. The molecular weight excluding hydrogens is 522 g/mol. The van der Waals surface area contributed by atoms with E-state index in [0.717, 1.165) is 6.42 Å². The van der Waals surface area contributed by atoms with E-state index in [-0.39, 0.29) is 11.9 Å². The van der Waals surface area contributed by atoms with E-state index in [1.165, 1.54) is 4.57 Å². The highest BCUT2D eigenvalue weighted by Gasteiger charge is 2.30. The van der Waals surface area contributed by atoms with Crippen molar-refractivity contribution in [2.45, 2.75) is 45.6 Å². The maximum atomic E-state index is 14.1. The predicted octanol–water partition coefficient (Wildman–Crippen LogP) is 3.23. The Kier molecular flexibility index (Phi) is 8.40. The van der Waals surface area contributed by atoms with E-state index >= 15 is 0 Å². The van der Waals surface area contributed by atoms with Crippen molar-refractivity contribution < 1.29 is 23.0 Å². The van der Waals surface area contributed by atoms with Gasteiger partial charge in [0.05, 0.1) is 36.3 Å². The van der Waals surface area contributed by atoms with Gasteiger partial charge in [0, 0.05) is 45.9 Å². The van der Waals surface area contributed by atoms with Crippen molar-refractivity contribution in [2.24, 2.45) is 0 Å². The van der Waals surface area contributed by atoms with Gasteiger partial charge in [-0.25, -0.2) is 13.8 Å². The van der Waals surface area contributed by atoms with Gasteiger partial charge in [-0.15, -0.1) is 0 Å². The van der Waals surface area contributed by atoms with Gasteiger partial charge in [0.2, 0.25) is 23.8 Å². The highest BCUT2D eigenvalue weighted by atomic mass is 19.3. The van der Waals surface area contributed by atoms with E-state index in [9.17, 15) is 13.6 Å². The van der Waals surface area contributed by atoms with Gasteiger partial charge in [-0.3, -0.25) is 9.36 Å². The summed E-state index contributed by atoms with van der Waals surface area (Å²) in [6.45, 7) is 10.7. The van der Waals surface area contributed by atoms with Crippen molar-refractivity contribution >= 4 is 28.8 Å². The summed E-state index contributed by atoms with van der Waals surface area (Å²) in [6.07, 6.45) is -1.63. The van der Waals surface area contributed by atoms with E-state index < -0.39 is 17.9 Å². The molecule has 0 saturated carbocycles. The number of rotatable bonds is 9. The number of imidazole rings is 1. The van der Waals surface area contributed by atoms with Crippen molar-refractivity contribution in [3.63, 3.8) is 0 Å². The highest BCUT2D eigenvalue weighted by molar-refractivity contribution is 5.78. The molecule has 3 aromatic rings. The van der Waals surface area contributed by atoms with Crippen molar-refractivity contribution in [3.05, 3.63) is 30.1 Å². The standard InChI is InChI=1S/C27H36F2N8O3/c1-4-15-40-27(2,3)18-21(38)34-9-11-35(12-10-34)24-31-25(36-13-16-39-17-14-36)33-26(32-24)37-20-8-6-5-7-19(20)30-23(37)22(28)29/h5-8,22H,4,9-18H2,1-3H3. The number of para-hydroxylation sites is 2. The number of benzene rings is 1. The fourth-order valence-corrected chi connectivity index (χ4v) is 4.95. The number of ether oxygens (including phenoxy) is 2. The quantitative estimate of drug-likeness (QED) is 0.392. The fourth-order valence-electron chi connectivity index (χ4n) is 4.95. The van der Waals surface area contributed by atoms with Gasteiger partial charge >= 0.3 is 0 Å². The Balaban J connectivity index is 1.42. The van der Waals surface area contributed by atoms with E-state index in [1.807, 2.05) is 35.5 Å². The van der Waals surface area contributed by atoms with Crippen LogP contribution in [-0.2, 0) is 14.3 Å². The van der Waals surface area contributed by atoms with Gasteiger partial charge < -0.3 is 24.2 Å². The zero-order chi connectivity index (χ0) is 28.3. The summed E-state index contributed by atoms with van der Waals surface area (Å²) in [4.78, 5) is 37.0. The molecule has 2 saturated heterocycles. The van der Waals surface area contributed by atoms with Gasteiger partial charge in [0.15, 0.2) is 5.82 Å². The lowest BCUT2D eigenvalue weighted by molar-refractivity contribution is -0.138. The molecule has 40 heavy (non-hydrogen) atoms. The summed E-state index contributed by atoms with van der Waals surface area (Å²) in [5, 5.41) is 0. The van der Waals surface area contributed by atoms with Gasteiger partial charge in [-0.2, -0.15) is 15.0 Å².